The Bertz CT molecular complexity index is 1900. The molecule has 2 nitrogen and oxygen atoms in total. The SMILES string of the molecule is Cc1ccccc1-c1ccc2c3c1Oc1c(cccc1-c1ccccc1)B3c1cccc(-c3ccccc3)c1O2. The van der Waals surface area contributed by atoms with Crippen LogP contribution in [0.25, 0.3) is 33.4 Å². The number of aryl methyl sites for hydroxylation is 1. The molecule has 0 aromatic heterocycles. The second-order valence-corrected chi connectivity index (χ2v) is 10.5. The first-order chi connectivity index (χ1) is 19.8. The summed E-state index contributed by atoms with van der Waals surface area (Å²) in [6.07, 6.45) is 0. The number of hydrogen-bond donors (Lipinski definition) is 0. The minimum atomic E-state index is -0.0196. The molecule has 2 heterocycles. The Morgan fingerprint density at radius 2 is 0.975 bits per heavy atom. The quantitative estimate of drug-likeness (QED) is 0.226. The second kappa shape index (κ2) is 9.03. The summed E-state index contributed by atoms with van der Waals surface area (Å²) in [4.78, 5) is 0. The Kier molecular flexibility index (Phi) is 5.18. The Hall–Kier alpha value is -5.02. The molecule has 2 aliphatic rings. The summed E-state index contributed by atoms with van der Waals surface area (Å²) in [5, 5.41) is 0. The van der Waals surface area contributed by atoms with Gasteiger partial charge in [-0.1, -0.05) is 121 Å². The number of hydrogen-bond acceptors (Lipinski definition) is 2. The van der Waals surface area contributed by atoms with Crippen molar-refractivity contribution in [3.05, 3.63) is 139 Å². The topological polar surface area (TPSA) is 18.5 Å². The molecular weight excluding hydrogens is 487 g/mol. The lowest BCUT2D eigenvalue weighted by Gasteiger charge is -2.35. The highest BCUT2D eigenvalue weighted by atomic mass is 16.5. The van der Waals surface area contributed by atoms with Crippen LogP contribution in [0.15, 0.2) is 133 Å². The molecule has 6 aromatic carbocycles. The highest BCUT2D eigenvalue weighted by molar-refractivity contribution is 6.98. The lowest BCUT2D eigenvalue weighted by molar-refractivity contribution is 0.467. The number of benzene rings is 6. The molecule has 0 saturated carbocycles. The first kappa shape index (κ1) is 22.9. The molecule has 3 heteroatoms. The molecule has 0 N–H and O–H groups in total. The van der Waals surface area contributed by atoms with E-state index in [0.717, 1.165) is 67.2 Å². The zero-order valence-corrected chi connectivity index (χ0v) is 22.1. The van der Waals surface area contributed by atoms with Gasteiger partial charge in [0.15, 0.2) is 0 Å². The van der Waals surface area contributed by atoms with Gasteiger partial charge in [-0.05, 0) is 52.2 Å². The minimum absolute atomic E-state index is 0.0196. The molecule has 40 heavy (non-hydrogen) atoms. The van der Waals surface area contributed by atoms with Crippen LogP contribution in [0, 0.1) is 6.92 Å². The van der Waals surface area contributed by atoms with Gasteiger partial charge in [-0.2, -0.15) is 0 Å². The van der Waals surface area contributed by atoms with Crippen molar-refractivity contribution in [3.63, 3.8) is 0 Å². The van der Waals surface area contributed by atoms with E-state index in [1.807, 2.05) is 6.07 Å². The Morgan fingerprint density at radius 1 is 0.425 bits per heavy atom. The molecule has 0 amide bonds. The van der Waals surface area contributed by atoms with E-state index >= 15 is 0 Å². The summed E-state index contributed by atoms with van der Waals surface area (Å²) in [7, 11) is 0. The van der Waals surface area contributed by atoms with Crippen molar-refractivity contribution in [1.29, 1.82) is 0 Å². The summed E-state index contributed by atoms with van der Waals surface area (Å²) in [5.41, 5.74) is 11.4. The van der Waals surface area contributed by atoms with Gasteiger partial charge in [-0.3, -0.25) is 0 Å². The second-order valence-electron chi connectivity index (χ2n) is 10.5. The van der Waals surface area contributed by atoms with Gasteiger partial charge in [-0.15, -0.1) is 0 Å². The van der Waals surface area contributed by atoms with E-state index < -0.39 is 0 Å². The fourth-order valence-corrected chi connectivity index (χ4v) is 6.31. The largest absolute Gasteiger partial charge is 0.458 e. The molecule has 0 spiro atoms. The van der Waals surface area contributed by atoms with Gasteiger partial charge < -0.3 is 9.47 Å². The zero-order valence-electron chi connectivity index (χ0n) is 22.1. The Labute approximate surface area is 234 Å². The standard InChI is InChI=1S/C37H25BO2/c1-24-12-8-9-17-27(24)30-22-23-33-34-37(30)40-36-29(26-15-6-3-7-16-26)19-11-21-32(36)38(34)31-20-10-18-28(35(31)39-33)25-13-4-2-5-14-25/h2-23H,1H3. The third-order valence-corrected chi connectivity index (χ3v) is 8.18. The lowest BCUT2D eigenvalue weighted by Crippen LogP contribution is -2.57. The first-order valence-electron chi connectivity index (χ1n) is 13.7. The Morgan fingerprint density at radius 3 is 1.60 bits per heavy atom. The maximum Gasteiger partial charge on any atom is 0.260 e. The van der Waals surface area contributed by atoms with Gasteiger partial charge in [0, 0.05) is 22.2 Å². The van der Waals surface area contributed by atoms with Crippen LogP contribution in [-0.4, -0.2) is 6.71 Å². The molecule has 0 bridgehead atoms. The predicted octanol–water partition coefficient (Wildman–Crippen LogP) is 7.72. The number of fused-ring (bicyclic) bond motifs is 4. The molecule has 0 aliphatic carbocycles. The monoisotopic (exact) mass is 512 g/mol. The first-order valence-corrected chi connectivity index (χ1v) is 13.7. The van der Waals surface area contributed by atoms with E-state index in [4.69, 9.17) is 9.47 Å². The normalized spacial score (nSPS) is 12.5. The minimum Gasteiger partial charge on any atom is -0.458 e. The summed E-state index contributed by atoms with van der Waals surface area (Å²) < 4.78 is 13.8. The van der Waals surface area contributed by atoms with Crippen molar-refractivity contribution < 1.29 is 9.47 Å². The van der Waals surface area contributed by atoms with E-state index in [0.29, 0.717) is 0 Å². The smallest absolute Gasteiger partial charge is 0.260 e. The zero-order chi connectivity index (χ0) is 26.6. The van der Waals surface area contributed by atoms with Crippen LogP contribution in [-0.2, 0) is 0 Å². The third-order valence-electron chi connectivity index (χ3n) is 8.18. The van der Waals surface area contributed by atoms with Crippen LogP contribution >= 0.6 is 0 Å². The number of para-hydroxylation sites is 2. The molecule has 0 saturated heterocycles. The van der Waals surface area contributed by atoms with Crippen molar-refractivity contribution in [2.45, 2.75) is 6.92 Å². The molecule has 0 unspecified atom stereocenters. The summed E-state index contributed by atoms with van der Waals surface area (Å²) in [6.45, 7) is 2.14. The summed E-state index contributed by atoms with van der Waals surface area (Å²) in [6, 6.07) is 46.8. The molecule has 0 atom stereocenters. The molecule has 8 rings (SSSR count). The predicted molar refractivity (Wildman–Crippen MR) is 165 cm³/mol. The third kappa shape index (κ3) is 3.44. The van der Waals surface area contributed by atoms with E-state index in [-0.39, 0.29) is 6.71 Å². The van der Waals surface area contributed by atoms with Crippen molar-refractivity contribution >= 4 is 23.1 Å². The fraction of sp³-hybridized carbons (Fsp3) is 0.0270. The average molecular weight is 512 g/mol. The van der Waals surface area contributed by atoms with Crippen LogP contribution in [0.1, 0.15) is 5.56 Å². The van der Waals surface area contributed by atoms with Gasteiger partial charge in [0.25, 0.3) is 6.71 Å². The summed E-state index contributed by atoms with van der Waals surface area (Å²) in [5.74, 6) is 3.56. The average Bonchev–Trinajstić information content (AvgIpc) is 3.02. The molecule has 2 aliphatic heterocycles. The van der Waals surface area contributed by atoms with Gasteiger partial charge in [0.2, 0.25) is 0 Å². The maximum atomic E-state index is 7.00. The van der Waals surface area contributed by atoms with Crippen molar-refractivity contribution in [2.24, 2.45) is 0 Å². The van der Waals surface area contributed by atoms with Gasteiger partial charge in [0.05, 0.1) is 0 Å². The fourth-order valence-electron chi connectivity index (χ4n) is 6.31. The molecule has 0 radical (unpaired) electrons. The van der Waals surface area contributed by atoms with Crippen LogP contribution in [0.4, 0.5) is 0 Å². The Balaban J connectivity index is 1.43. The van der Waals surface area contributed by atoms with Crippen LogP contribution in [0.2, 0.25) is 0 Å². The van der Waals surface area contributed by atoms with E-state index in [1.165, 1.54) is 11.1 Å². The molecule has 6 aromatic rings. The van der Waals surface area contributed by atoms with Crippen LogP contribution < -0.4 is 25.9 Å². The van der Waals surface area contributed by atoms with Crippen molar-refractivity contribution in [2.75, 3.05) is 0 Å². The highest BCUT2D eigenvalue weighted by Gasteiger charge is 2.42. The number of ether oxygens (including phenoxy) is 2. The summed E-state index contributed by atoms with van der Waals surface area (Å²) >= 11 is 0. The van der Waals surface area contributed by atoms with E-state index in [9.17, 15) is 0 Å². The molecule has 0 fully saturated rings. The molecular formula is C37H25BO2. The van der Waals surface area contributed by atoms with Crippen molar-refractivity contribution in [3.8, 4) is 56.4 Å². The lowest BCUT2D eigenvalue weighted by atomic mass is 9.34. The highest BCUT2D eigenvalue weighted by Crippen LogP contribution is 2.45. The maximum absolute atomic E-state index is 7.00. The van der Waals surface area contributed by atoms with Gasteiger partial charge in [-0.25, -0.2) is 0 Å². The van der Waals surface area contributed by atoms with Crippen LogP contribution in [0.3, 0.4) is 0 Å². The van der Waals surface area contributed by atoms with E-state index in [2.05, 4.69) is 134 Å². The van der Waals surface area contributed by atoms with Crippen molar-refractivity contribution in [1.82, 2.24) is 0 Å². The van der Waals surface area contributed by atoms with Gasteiger partial charge in [0.1, 0.15) is 23.0 Å². The van der Waals surface area contributed by atoms with E-state index in [1.54, 1.807) is 0 Å². The molecule has 188 valence electrons. The number of rotatable bonds is 3. The van der Waals surface area contributed by atoms with Gasteiger partial charge >= 0.3 is 0 Å². The van der Waals surface area contributed by atoms with Crippen LogP contribution in [0.5, 0.6) is 23.0 Å².